The Bertz CT molecular complexity index is 481. The van der Waals surface area contributed by atoms with Crippen LogP contribution in [-0.2, 0) is 0 Å². The normalized spacial score (nSPS) is 14.4. The summed E-state index contributed by atoms with van der Waals surface area (Å²) in [5, 5.41) is 7.78. The van der Waals surface area contributed by atoms with Gasteiger partial charge in [0.25, 0.3) is 0 Å². The molecule has 0 saturated carbocycles. The van der Waals surface area contributed by atoms with E-state index in [1.165, 1.54) is 11.6 Å². The van der Waals surface area contributed by atoms with Gasteiger partial charge in [0.1, 0.15) is 5.82 Å². The maximum absolute atomic E-state index is 13.2. The van der Waals surface area contributed by atoms with Gasteiger partial charge in [-0.1, -0.05) is 19.1 Å². The van der Waals surface area contributed by atoms with Gasteiger partial charge in [-0.25, -0.2) is 4.39 Å². The molecule has 2 atom stereocenters. The van der Waals surface area contributed by atoms with Crippen molar-refractivity contribution >= 4 is 11.3 Å². The summed E-state index contributed by atoms with van der Waals surface area (Å²) in [6.07, 6.45) is 0.942. The topological polar surface area (TPSA) is 12.0 Å². The van der Waals surface area contributed by atoms with E-state index in [2.05, 4.69) is 36.0 Å². The Morgan fingerprint density at radius 3 is 2.72 bits per heavy atom. The van der Waals surface area contributed by atoms with Crippen molar-refractivity contribution in [3.63, 3.8) is 0 Å². The van der Waals surface area contributed by atoms with Crippen LogP contribution in [0.5, 0.6) is 0 Å². The minimum absolute atomic E-state index is 0.170. The molecule has 1 aromatic carbocycles. The van der Waals surface area contributed by atoms with Gasteiger partial charge >= 0.3 is 0 Å². The molecule has 1 nitrogen and oxygen atoms in total. The molecular weight excluding hydrogens is 245 g/mol. The molecule has 2 rings (SSSR count). The quantitative estimate of drug-likeness (QED) is 0.825. The van der Waals surface area contributed by atoms with Crippen molar-refractivity contribution < 1.29 is 4.39 Å². The lowest BCUT2D eigenvalue weighted by molar-refractivity contribution is 0.455. The monoisotopic (exact) mass is 263 g/mol. The molecule has 2 aromatic rings. The lowest BCUT2D eigenvalue weighted by Crippen LogP contribution is -2.24. The molecule has 0 fully saturated rings. The van der Waals surface area contributed by atoms with Crippen LogP contribution < -0.4 is 5.32 Å². The van der Waals surface area contributed by atoms with Crippen LogP contribution in [-0.4, -0.2) is 0 Å². The van der Waals surface area contributed by atoms with Gasteiger partial charge in [-0.05, 0) is 53.4 Å². The van der Waals surface area contributed by atoms with Crippen molar-refractivity contribution in [2.24, 2.45) is 0 Å². The molecular formula is C15H18FNS. The van der Waals surface area contributed by atoms with Crippen molar-refractivity contribution in [2.75, 3.05) is 0 Å². The van der Waals surface area contributed by atoms with Gasteiger partial charge in [-0.15, -0.1) is 0 Å². The van der Waals surface area contributed by atoms with Gasteiger partial charge in [0.2, 0.25) is 0 Å². The lowest BCUT2D eigenvalue weighted by atomic mass is 10.0. The molecule has 0 amide bonds. The third-order valence-corrected chi connectivity index (χ3v) is 3.86. The Morgan fingerprint density at radius 1 is 1.28 bits per heavy atom. The Kier molecular flexibility index (Phi) is 4.50. The van der Waals surface area contributed by atoms with E-state index in [1.54, 1.807) is 23.5 Å². The predicted molar refractivity (Wildman–Crippen MR) is 75.3 cm³/mol. The molecule has 2 unspecified atom stereocenters. The molecule has 0 spiro atoms. The van der Waals surface area contributed by atoms with Crippen molar-refractivity contribution in [1.29, 1.82) is 0 Å². The Balaban J connectivity index is 2.10. The number of halogens is 1. The van der Waals surface area contributed by atoms with Crippen molar-refractivity contribution in [3.05, 3.63) is 58.0 Å². The summed E-state index contributed by atoms with van der Waals surface area (Å²) in [6.45, 7) is 4.26. The van der Waals surface area contributed by atoms with Crippen molar-refractivity contribution in [1.82, 2.24) is 5.32 Å². The van der Waals surface area contributed by atoms with E-state index in [0.29, 0.717) is 0 Å². The number of hydrogen-bond acceptors (Lipinski definition) is 2. The first-order chi connectivity index (χ1) is 8.70. The molecule has 18 heavy (non-hydrogen) atoms. The third-order valence-electron chi connectivity index (χ3n) is 3.15. The fraction of sp³-hybridized carbons (Fsp3) is 0.333. The maximum Gasteiger partial charge on any atom is 0.123 e. The van der Waals surface area contributed by atoms with Crippen LogP contribution in [0.1, 0.15) is 43.5 Å². The van der Waals surface area contributed by atoms with Crippen LogP contribution in [0.3, 0.4) is 0 Å². The van der Waals surface area contributed by atoms with Crippen molar-refractivity contribution in [3.8, 4) is 0 Å². The van der Waals surface area contributed by atoms with Gasteiger partial charge in [0.05, 0.1) is 0 Å². The first kappa shape index (κ1) is 13.2. The van der Waals surface area contributed by atoms with E-state index in [1.807, 2.05) is 6.07 Å². The highest BCUT2D eigenvalue weighted by Gasteiger charge is 2.14. The average Bonchev–Trinajstić information content (AvgIpc) is 2.89. The molecule has 0 radical (unpaired) electrons. The summed E-state index contributed by atoms with van der Waals surface area (Å²) in [6, 6.07) is 9.44. The van der Waals surface area contributed by atoms with Crippen LogP contribution in [0.2, 0.25) is 0 Å². The molecule has 0 aliphatic carbocycles. The van der Waals surface area contributed by atoms with E-state index in [9.17, 15) is 4.39 Å². The van der Waals surface area contributed by atoms with Crippen LogP contribution in [0.15, 0.2) is 41.1 Å². The summed E-state index contributed by atoms with van der Waals surface area (Å²) in [5.41, 5.74) is 2.30. The first-order valence-electron chi connectivity index (χ1n) is 6.24. The molecule has 0 aliphatic heterocycles. The zero-order chi connectivity index (χ0) is 13.0. The molecule has 1 aromatic heterocycles. The van der Waals surface area contributed by atoms with Crippen molar-refractivity contribution in [2.45, 2.75) is 32.4 Å². The first-order valence-corrected chi connectivity index (χ1v) is 7.18. The Labute approximate surface area is 112 Å². The summed E-state index contributed by atoms with van der Waals surface area (Å²) in [7, 11) is 0. The molecule has 0 bridgehead atoms. The Morgan fingerprint density at radius 2 is 2.11 bits per heavy atom. The smallest absolute Gasteiger partial charge is 0.123 e. The van der Waals surface area contributed by atoms with E-state index < -0.39 is 0 Å². The van der Waals surface area contributed by atoms with Gasteiger partial charge in [-0.2, -0.15) is 11.3 Å². The van der Waals surface area contributed by atoms with E-state index >= 15 is 0 Å². The predicted octanol–water partition coefficient (Wildman–Crippen LogP) is 4.69. The number of rotatable bonds is 5. The van der Waals surface area contributed by atoms with Crippen LogP contribution in [0.25, 0.3) is 0 Å². The molecule has 96 valence electrons. The fourth-order valence-electron chi connectivity index (χ4n) is 2.09. The molecule has 1 heterocycles. The van der Waals surface area contributed by atoms with Crippen LogP contribution >= 0.6 is 11.3 Å². The second kappa shape index (κ2) is 6.12. The zero-order valence-corrected chi connectivity index (χ0v) is 11.5. The number of hydrogen-bond donors (Lipinski definition) is 1. The lowest BCUT2D eigenvalue weighted by Gasteiger charge is -2.22. The second-order valence-electron chi connectivity index (χ2n) is 4.46. The molecule has 0 aliphatic rings. The van der Waals surface area contributed by atoms with Crippen LogP contribution in [0, 0.1) is 5.82 Å². The van der Waals surface area contributed by atoms with E-state index in [-0.39, 0.29) is 17.9 Å². The Hall–Kier alpha value is -1.19. The van der Waals surface area contributed by atoms with Crippen LogP contribution in [0.4, 0.5) is 4.39 Å². The highest BCUT2D eigenvalue weighted by Crippen LogP contribution is 2.23. The fourth-order valence-corrected chi connectivity index (χ4v) is 2.85. The summed E-state index contributed by atoms with van der Waals surface area (Å²) in [5.74, 6) is -0.170. The van der Waals surface area contributed by atoms with Gasteiger partial charge in [0.15, 0.2) is 0 Å². The number of benzene rings is 1. The standard InChI is InChI=1S/C15H18FNS/c1-3-15(12-5-4-6-14(16)9-12)17-11(2)13-7-8-18-10-13/h4-11,15,17H,3H2,1-2H3. The van der Waals surface area contributed by atoms with Gasteiger partial charge < -0.3 is 5.32 Å². The highest BCUT2D eigenvalue weighted by molar-refractivity contribution is 7.07. The highest BCUT2D eigenvalue weighted by atomic mass is 32.1. The third kappa shape index (κ3) is 3.18. The van der Waals surface area contributed by atoms with Gasteiger partial charge in [0, 0.05) is 12.1 Å². The molecule has 1 N–H and O–H groups in total. The average molecular weight is 263 g/mol. The van der Waals surface area contributed by atoms with E-state index in [4.69, 9.17) is 0 Å². The molecule has 3 heteroatoms. The summed E-state index contributed by atoms with van der Waals surface area (Å²) in [4.78, 5) is 0. The molecule has 0 saturated heterocycles. The second-order valence-corrected chi connectivity index (χ2v) is 5.24. The van der Waals surface area contributed by atoms with E-state index in [0.717, 1.165) is 12.0 Å². The minimum Gasteiger partial charge on any atom is -0.303 e. The largest absolute Gasteiger partial charge is 0.303 e. The summed E-state index contributed by atoms with van der Waals surface area (Å²) < 4.78 is 13.2. The summed E-state index contributed by atoms with van der Waals surface area (Å²) >= 11 is 1.70. The SMILES string of the molecule is CCC(NC(C)c1ccsc1)c1cccc(F)c1. The zero-order valence-electron chi connectivity index (χ0n) is 10.7. The number of thiophene rings is 1. The van der Waals surface area contributed by atoms with Gasteiger partial charge in [-0.3, -0.25) is 0 Å². The minimum atomic E-state index is -0.170. The maximum atomic E-state index is 13.2. The number of nitrogens with one attached hydrogen (secondary N) is 1.